The minimum absolute atomic E-state index is 0.248. The maximum absolute atomic E-state index is 8.14. The zero-order valence-electron chi connectivity index (χ0n) is 36.8. The summed E-state index contributed by atoms with van der Waals surface area (Å²) in [7, 11) is -0.495. The quantitative estimate of drug-likeness (QED) is 0.280. The second-order valence-electron chi connectivity index (χ2n) is 23.7. The fourth-order valence-corrected chi connectivity index (χ4v) is 30.0. The first-order valence-corrected chi connectivity index (χ1v) is 29.7. The van der Waals surface area contributed by atoms with Gasteiger partial charge in [-0.3, -0.25) is 0 Å². The Morgan fingerprint density at radius 2 is 0.806 bits per heavy atom. The first-order valence-electron chi connectivity index (χ1n) is 26.6. The van der Waals surface area contributed by atoms with Crippen LogP contribution in [-0.4, -0.2) is 107 Å². The summed E-state index contributed by atoms with van der Waals surface area (Å²) in [6.07, 6.45) is 27.7. The average Bonchev–Trinajstić information content (AvgIpc) is 3.32. The van der Waals surface area contributed by atoms with Crippen molar-refractivity contribution in [1.82, 2.24) is 0 Å². The van der Waals surface area contributed by atoms with Crippen molar-refractivity contribution in [3.63, 3.8) is 0 Å². The Bertz CT molecular complexity index is 1900. The van der Waals surface area contributed by atoms with Crippen LogP contribution in [0.4, 0.5) is 11.4 Å². The molecule has 6 aliphatic heterocycles. The van der Waals surface area contributed by atoms with E-state index in [0.717, 1.165) is 23.7 Å². The van der Waals surface area contributed by atoms with Crippen LogP contribution in [0.1, 0.15) is 116 Å². The predicted molar refractivity (Wildman–Crippen MR) is 248 cm³/mol. The lowest BCUT2D eigenvalue weighted by Gasteiger charge is -2.76. The molecule has 26 unspecified atom stereocenters. The normalized spacial score (nSPS) is 56.8. The van der Waals surface area contributed by atoms with Gasteiger partial charge in [0.1, 0.15) is 0 Å². The summed E-state index contributed by atoms with van der Waals surface area (Å²) in [5, 5.41) is 0. The summed E-state index contributed by atoms with van der Waals surface area (Å²) >= 11 is 0. The standard InChI is InChI=1S/C54H70N2O4P2/c1-3-15-31(16-4-1)55-37-21-11-23-39-49(37)61-51-43(59-47-33-19-9-7-13-29(33)25-41(57-39)53(47)61)28-36-35(45(51)55)27-44-52-46(36)56(32-17-5-2-6-18-32)38-22-12-24-40-50(38)62(52)54-42(58-40)26-30-14-8-10-20-34(30)48(54)60-44/h1-6,15-18,29-30,33-54H,7-14,19-28H2. The van der Waals surface area contributed by atoms with Gasteiger partial charge in [0.05, 0.1) is 48.8 Å². The smallest absolute Gasteiger partial charge is 0.0702 e. The largest absolute Gasteiger partial charge is 0.373 e. The van der Waals surface area contributed by atoms with Gasteiger partial charge in [-0.25, -0.2) is 0 Å². The maximum atomic E-state index is 8.14. The highest BCUT2D eigenvalue weighted by Crippen LogP contribution is 2.78. The zero-order valence-corrected chi connectivity index (χ0v) is 38.6. The van der Waals surface area contributed by atoms with E-state index in [-0.39, 0.29) is 15.8 Å². The summed E-state index contributed by atoms with van der Waals surface area (Å²) in [5.41, 5.74) is 6.97. The van der Waals surface area contributed by atoms with Crippen molar-refractivity contribution in [3.8, 4) is 0 Å². The van der Waals surface area contributed by atoms with Crippen molar-refractivity contribution in [2.45, 2.75) is 223 Å². The van der Waals surface area contributed by atoms with E-state index in [1.54, 1.807) is 0 Å². The third kappa shape index (κ3) is 5.06. The molecule has 14 aliphatic rings. The number of nitrogens with zero attached hydrogens (tertiary/aromatic N) is 2. The Kier molecular flexibility index (Phi) is 8.62. The van der Waals surface area contributed by atoms with Gasteiger partial charge in [-0.05, 0) is 150 Å². The van der Waals surface area contributed by atoms with E-state index in [0.29, 0.717) is 119 Å². The van der Waals surface area contributed by atoms with Gasteiger partial charge in [-0.2, -0.15) is 0 Å². The number of hydrogen-bond acceptors (Lipinski definition) is 6. The van der Waals surface area contributed by atoms with Gasteiger partial charge in [-0.15, -0.1) is 0 Å². The minimum atomic E-state index is -0.248. The van der Waals surface area contributed by atoms with Crippen LogP contribution in [0.3, 0.4) is 0 Å². The molecule has 6 nitrogen and oxygen atoms in total. The molecule has 6 heterocycles. The van der Waals surface area contributed by atoms with Gasteiger partial charge < -0.3 is 28.7 Å². The summed E-state index contributed by atoms with van der Waals surface area (Å²) in [4.78, 5) is 6.30. The molecule has 0 amide bonds. The Hall–Kier alpha value is -1.26. The molecule has 26 atom stereocenters. The van der Waals surface area contributed by atoms with E-state index in [9.17, 15) is 0 Å². The average molecular weight is 873 g/mol. The number of para-hydroxylation sites is 2. The van der Waals surface area contributed by atoms with E-state index < -0.39 is 0 Å². The van der Waals surface area contributed by atoms with Crippen molar-refractivity contribution >= 4 is 27.2 Å². The van der Waals surface area contributed by atoms with Crippen molar-refractivity contribution in [2.24, 2.45) is 35.5 Å². The molecular weight excluding hydrogens is 803 g/mol. The topological polar surface area (TPSA) is 43.4 Å². The summed E-state index contributed by atoms with van der Waals surface area (Å²) in [6.45, 7) is 0. The van der Waals surface area contributed by atoms with Gasteiger partial charge in [0.25, 0.3) is 0 Å². The molecule has 0 bridgehead atoms. The molecule has 6 saturated heterocycles. The molecule has 62 heavy (non-hydrogen) atoms. The maximum Gasteiger partial charge on any atom is 0.0702 e. The van der Waals surface area contributed by atoms with Gasteiger partial charge in [0.15, 0.2) is 0 Å². The number of benzene rings is 2. The zero-order chi connectivity index (χ0) is 39.9. The Morgan fingerprint density at radius 3 is 1.27 bits per heavy atom. The van der Waals surface area contributed by atoms with E-state index >= 15 is 0 Å². The number of anilines is 2. The first-order chi connectivity index (χ1) is 30.8. The highest BCUT2D eigenvalue weighted by atomic mass is 31.1. The number of ether oxygens (including phenoxy) is 4. The molecule has 330 valence electrons. The molecule has 14 fully saturated rings. The molecule has 8 aliphatic carbocycles. The molecule has 2 aromatic carbocycles. The monoisotopic (exact) mass is 872 g/mol. The molecular formula is C54H70N2O4P2. The first kappa shape index (κ1) is 37.8. The van der Waals surface area contributed by atoms with Crippen LogP contribution in [0, 0.1) is 35.5 Å². The minimum Gasteiger partial charge on any atom is -0.373 e. The molecule has 0 aromatic heterocycles. The van der Waals surface area contributed by atoms with Crippen LogP contribution in [-0.2, 0) is 18.9 Å². The second kappa shape index (κ2) is 14.1. The second-order valence-corrected chi connectivity index (χ2v) is 29.1. The fraction of sp³-hybridized carbons (Fsp3) is 0.778. The summed E-state index contributed by atoms with van der Waals surface area (Å²) < 4.78 is 31.4. The van der Waals surface area contributed by atoms with E-state index in [2.05, 4.69) is 70.5 Å². The molecule has 2 aromatic rings. The SMILES string of the molecule is c1ccc(N2C3CCCC4OC5CC6CCCCC6C6OC7CC8C(CC9OC%10C%11CCCCC%11CC%11OC%12CCCC%13C%12P(C%11%10)C9C8N%13c8ccccc8)C2C7P(C56)C43)cc1. The van der Waals surface area contributed by atoms with Crippen LogP contribution < -0.4 is 9.80 Å². The highest BCUT2D eigenvalue weighted by molar-refractivity contribution is 7.61. The lowest BCUT2D eigenvalue weighted by Crippen LogP contribution is -2.80. The molecule has 0 radical (unpaired) electrons. The Morgan fingerprint density at radius 1 is 0.371 bits per heavy atom. The van der Waals surface area contributed by atoms with Crippen LogP contribution in [0.15, 0.2) is 60.7 Å². The van der Waals surface area contributed by atoms with Crippen molar-refractivity contribution in [2.75, 3.05) is 9.80 Å². The summed E-state index contributed by atoms with van der Waals surface area (Å²) in [6, 6.07) is 26.2. The van der Waals surface area contributed by atoms with Crippen LogP contribution in [0.25, 0.3) is 0 Å². The molecule has 0 spiro atoms. The third-order valence-electron chi connectivity index (χ3n) is 21.6. The number of hydrogen-bond donors (Lipinski definition) is 0. The molecule has 8 heteroatoms. The molecule has 0 N–H and O–H groups in total. The van der Waals surface area contributed by atoms with Crippen molar-refractivity contribution in [3.05, 3.63) is 60.7 Å². The van der Waals surface area contributed by atoms with Crippen LogP contribution in [0.5, 0.6) is 0 Å². The lowest BCUT2D eigenvalue weighted by atomic mass is 9.61. The van der Waals surface area contributed by atoms with Gasteiger partial charge >= 0.3 is 0 Å². The Balaban J connectivity index is 0.891. The van der Waals surface area contributed by atoms with Gasteiger partial charge in [0, 0.05) is 69.5 Å². The van der Waals surface area contributed by atoms with Crippen molar-refractivity contribution in [1.29, 1.82) is 0 Å². The van der Waals surface area contributed by atoms with Crippen LogP contribution >= 0.6 is 15.8 Å². The summed E-state index contributed by atoms with van der Waals surface area (Å²) in [5.74, 6) is 4.37. The van der Waals surface area contributed by atoms with Crippen LogP contribution in [0.2, 0.25) is 0 Å². The fourth-order valence-electron chi connectivity index (χ4n) is 20.1. The lowest BCUT2D eigenvalue weighted by molar-refractivity contribution is -0.190. The van der Waals surface area contributed by atoms with E-state index in [1.807, 2.05) is 0 Å². The van der Waals surface area contributed by atoms with E-state index in [1.165, 1.54) is 127 Å². The van der Waals surface area contributed by atoms with E-state index in [4.69, 9.17) is 18.9 Å². The molecule has 16 rings (SSSR count). The Labute approximate surface area is 373 Å². The third-order valence-corrected chi connectivity index (χ3v) is 29.6. The van der Waals surface area contributed by atoms with Gasteiger partial charge in [0.2, 0.25) is 0 Å². The highest BCUT2D eigenvalue weighted by Gasteiger charge is 2.74. The number of rotatable bonds is 2. The number of fused-ring (bicyclic) bond motifs is 7. The van der Waals surface area contributed by atoms with Crippen molar-refractivity contribution < 1.29 is 18.9 Å². The van der Waals surface area contributed by atoms with Gasteiger partial charge in [-0.1, -0.05) is 77.9 Å². The molecule has 8 saturated carbocycles. The predicted octanol–water partition coefficient (Wildman–Crippen LogP) is 10.6.